The Kier molecular flexibility index (Phi) is 9.65. The zero-order chi connectivity index (χ0) is 18.7. The van der Waals surface area contributed by atoms with Gasteiger partial charge in [-0.15, -0.1) is 5.53 Å². The summed E-state index contributed by atoms with van der Waals surface area (Å²) in [6, 6.07) is 9.84. The van der Waals surface area contributed by atoms with Crippen molar-refractivity contribution in [1.29, 1.82) is 0 Å². The van der Waals surface area contributed by atoms with E-state index < -0.39 is 0 Å². The molecule has 0 aliphatic carbocycles. The van der Waals surface area contributed by atoms with Crippen LogP contribution in [0.3, 0.4) is 0 Å². The Morgan fingerprint density at radius 1 is 1.20 bits per heavy atom. The summed E-state index contributed by atoms with van der Waals surface area (Å²) in [6.45, 7) is 8.93. The second-order valence-electron chi connectivity index (χ2n) is 6.01. The average molecular weight is 348 g/mol. The van der Waals surface area contributed by atoms with Crippen molar-refractivity contribution in [3.8, 4) is 0 Å². The summed E-state index contributed by atoms with van der Waals surface area (Å²) in [4.78, 5) is 12.4. The van der Waals surface area contributed by atoms with Crippen LogP contribution in [0, 0.1) is 5.92 Å². The Balaban J connectivity index is 0.00000151. The van der Waals surface area contributed by atoms with E-state index in [0.717, 1.165) is 17.8 Å². The largest absolute Gasteiger partial charge is 0.396 e. The van der Waals surface area contributed by atoms with Crippen molar-refractivity contribution in [2.24, 2.45) is 5.92 Å². The van der Waals surface area contributed by atoms with Crippen LogP contribution in [0.2, 0.25) is 0 Å². The normalized spacial score (nSPS) is 13.4. The van der Waals surface area contributed by atoms with Crippen molar-refractivity contribution in [2.45, 2.75) is 47.0 Å². The highest BCUT2D eigenvalue weighted by Crippen LogP contribution is 2.25. The van der Waals surface area contributed by atoms with Crippen molar-refractivity contribution in [1.82, 2.24) is 16.3 Å². The predicted molar refractivity (Wildman–Crippen MR) is 102 cm³/mol. The van der Waals surface area contributed by atoms with Crippen molar-refractivity contribution in [2.75, 3.05) is 18.2 Å². The molecule has 0 atom stereocenters. The third-order valence-corrected chi connectivity index (χ3v) is 3.59. The Hall–Kier alpha value is -2.05. The fourth-order valence-electron chi connectivity index (χ4n) is 2.37. The summed E-state index contributed by atoms with van der Waals surface area (Å²) >= 11 is 0. The first-order valence-electron chi connectivity index (χ1n) is 9.12. The minimum absolute atomic E-state index is 0.108. The van der Waals surface area contributed by atoms with Gasteiger partial charge < -0.3 is 10.4 Å². The van der Waals surface area contributed by atoms with Crippen molar-refractivity contribution in [3.63, 3.8) is 0 Å². The van der Waals surface area contributed by atoms with Gasteiger partial charge in [-0.25, -0.2) is 0 Å². The van der Waals surface area contributed by atoms with Gasteiger partial charge in [0.2, 0.25) is 0 Å². The van der Waals surface area contributed by atoms with E-state index >= 15 is 0 Å². The van der Waals surface area contributed by atoms with Crippen LogP contribution >= 0.6 is 0 Å². The molecule has 2 rings (SSSR count). The van der Waals surface area contributed by atoms with E-state index in [2.05, 4.69) is 30.1 Å². The van der Waals surface area contributed by atoms with Gasteiger partial charge >= 0.3 is 0 Å². The number of hydrogen-bond acceptors (Lipinski definition) is 5. The molecule has 0 fully saturated rings. The number of nitrogens with one attached hydrogen (secondary N) is 3. The number of aliphatic hydroxyl groups is 1. The standard InChI is InChI=1S/C17H26N4O2.C2H6/c1-13(2)12-18-17(23)16-15(10-6-7-11-22)21(20-19-16)14-8-4-3-5-9-14;1-2/h3-5,8-9,13,19-20,22H,6-7,10-12H2,1-2H3,(H,18,23);1-2H3. The second-order valence-corrected chi connectivity index (χ2v) is 6.01. The van der Waals surface area contributed by atoms with Crippen LogP contribution in [0.1, 0.15) is 47.0 Å². The molecule has 0 saturated heterocycles. The van der Waals surface area contributed by atoms with Crippen LogP contribution in [0.4, 0.5) is 5.69 Å². The molecule has 6 nitrogen and oxygen atoms in total. The zero-order valence-electron chi connectivity index (χ0n) is 15.8. The first-order chi connectivity index (χ1) is 12.1. The van der Waals surface area contributed by atoms with Crippen molar-refractivity contribution in [3.05, 3.63) is 41.7 Å². The second kappa shape index (κ2) is 11.5. The number of amides is 1. The number of anilines is 1. The van der Waals surface area contributed by atoms with Gasteiger partial charge in [0.1, 0.15) is 5.70 Å². The summed E-state index contributed by atoms with van der Waals surface area (Å²) in [5.74, 6) is 0.292. The van der Waals surface area contributed by atoms with Gasteiger partial charge in [-0.3, -0.25) is 15.2 Å². The fraction of sp³-hybridized carbons (Fsp3) is 0.526. The van der Waals surface area contributed by atoms with E-state index in [1.54, 1.807) is 0 Å². The lowest BCUT2D eigenvalue weighted by Crippen LogP contribution is -2.40. The third kappa shape index (κ3) is 6.40. The zero-order valence-corrected chi connectivity index (χ0v) is 15.8. The minimum Gasteiger partial charge on any atom is -0.396 e. The summed E-state index contributed by atoms with van der Waals surface area (Å²) in [5.41, 5.74) is 8.45. The average Bonchev–Trinajstić information content (AvgIpc) is 3.06. The maximum Gasteiger partial charge on any atom is 0.270 e. The highest BCUT2D eigenvalue weighted by Gasteiger charge is 2.27. The first kappa shape index (κ1) is 21.0. The molecule has 6 heteroatoms. The molecular formula is C19H32N4O2. The van der Waals surface area contributed by atoms with Gasteiger partial charge in [0.25, 0.3) is 5.91 Å². The molecule has 1 aliphatic heterocycles. The Bertz CT molecular complexity index is 544. The number of para-hydroxylation sites is 1. The Morgan fingerprint density at radius 3 is 2.48 bits per heavy atom. The molecule has 1 aromatic rings. The summed E-state index contributed by atoms with van der Waals surface area (Å²) in [6.07, 6.45) is 2.24. The van der Waals surface area contributed by atoms with Crippen molar-refractivity contribution >= 4 is 11.6 Å². The SMILES string of the molecule is CC.CC(C)CNC(=O)C1=C(CCCCO)N(c2ccccc2)NN1. The van der Waals surface area contributed by atoms with Crippen LogP contribution in [0.15, 0.2) is 41.7 Å². The molecule has 4 N–H and O–H groups in total. The van der Waals surface area contributed by atoms with Crippen LogP contribution < -0.4 is 21.3 Å². The molecule has 0 radical (unpaired) electrons. The number of rotatable bonds is 8. The van der Waals surface area contributed by atoms with E-state index in [9.17, 15) is 4.79 Å². The first-order valence-corrected chi connectivity index (χ1v) is 9.12. The molecule has 0 unspecified atom stereocenters. The number of benzene rings is 1. The monoisotopic (exact) mass is 348 g/mol. The highest BCUT2D eigenvalue weighted by molar-refractivity contribution is 5.94. The van der Waals surface area contributed by atoms with E-state index in [-0.39, 0.29) is 12.5 Å². The van der Waals surface area contributed by atoms with Gasteiger partial charge in [-0.05, 0) is 37.3 Å². The lowest BCUT2D eigenvalue weighted by atomic mass is 10.1. The minimum atomic E-state index is -0.108. The topological polar surface area (TPSA) is 76.6 Å². The van der Waals surface area contributed by atoms with E-state index in [1.807, 2.05) is 49.2 Å². The van der Waals surface area contributed by atoms with Gasteiger partial charge in [-0.1, -0.05) is 45.9 Å². The highest BCUT2D eigenvalue weighted by atomic mass is 16.2. The molecule has 1 amide bonds. The smallest absolute Gasteiger partial charge is 0.270 e. The van der Waals surface area contributed by atoms with E-state index in [4.69, 9.17) is 5.11 Å². The maximum absolute atomic E-state index is 12.4. The van der Waals surface area contributed by atoms with Crippen molar-refractivity contribution < 1.29 is 9.90 Å². The summed E-state index contributed by atoms with van der Waals surface area (Å²) in [5, 5.41) is 13.8. The lowest BCUT2D eigenvalue weighted by Gasteiger charge is -2.21. The molecule has 1 aliphatic rings. The molecule has 25 heavy (non-hydrogen) atoms. The predicted octanol–water partition coefficient (Wildman–Crippen LogP) is 2.69. The molecule has 140 valence electrons. The third-order valence-electron chi connectivity index (χ3n) is 3.59. The number of carbonyl (C=O) groups is 1. The number of hydrogen-bond donors (Lipinski definition) is 4. The number of allylic oxidation sites excluding steroid dienone is 1. The quantitative estimate of drug-likeness (QED) is 0.544. The summed E-state index contributed by atoms with van der Waals surface area (Å²) in [7, 11) is 0. The number of unbranched alkanes of at least 4 members (excludes halogenated alkanes) is 1. The van der Waals surface area contributed by atoms with Crippen LogP contribution in [0.5, 0.6) is 0 Å². The molecular weight excluding hydrogens is 316 g/mol. The lowest BCUT2D eigenvalue weighted by molar-refractivity contribution is -0.118. The van der Waals surface area contributed by atoms with Gasteiger partial charge in [0.05, 0.1) is 11.4 Å². The van der Waals surface area contributed by atoms with Crippen LogP contribution in [0.25, 0.3) is 0 Å². The van der Waals surface area contributed by atoms with E-state index in [1.165, 1.54) is 0 Å². The number of aliphatic hydroxyl groups excluding tert-OH is 1. The Morgan fingerprint density at radius 2 is 1.88 bits per heavy atom. The molecule has 0 bridgehead atoms. The maximum atomic E-state index is 12.4. The summed E-state index contributed by atoms with van der Waals surface area (Å²) < 4.78 is 0. The molecule has 0 saturated carbocycles. The molecule has 0 aromatic heterocycles. The number of nitrogens with zero attached hydrogens (tertiary/aromatic N) is 1. The molecule has 1 aromatic carbocycles. The molecule has 1 heterocycles. The van der Waals surface area contributed by atoms with Crippen LogP contribution in [-0.2, 0) is 4.79 Å². The van der Waals surface area contributed by atoms with Gasteiger partial charge in [0, 0.05) is 13.2 Å². The van der Waals surface area contributed by atoms with Crippen LogP contribution in [-0.4, -0.2) is 24.2 Å². The van der Waals surface area contributed by atoms with Gasteiger partial charge in [-0.2, -0.15) is 0 Å². The number of carbonyl (C=O) groups excluding carboxylic acids is 1. The van der Waals surface area contributed by atoms with E-state index in [0.29, 0.717) is 31.0 Å². The Labute approximate surface area is 151 Å². The van der Waals surface area contributed by atoms with Gasteiger partial charge in [0.15, 0.2) is 0 Å². The fourth-order valence-corrected chi connectivity index (χ4v) is 2.37. The molecule has 0 spiro atoms. The number of hydrazine groups is 2.